The Morgan fingerprint density at radius 2 is 1.97 bits per heavy atom. The van der Waals surface area contributed by atoms with Crippen molar-refractivity contribution in [2.75, 3.05) is 13.2 Å². The highest BCUT2D eigenvalue weighted by Gasteiger charge is 2.60. The fourth-order valence-corrected chi connectivity index (χ4v) is 6.59. The molecular weight excluding hydrogens is 464 g/mol. The van der Waals surface area contributed by atoms with Crippen molar-refractivity contribution in [3.63, 3.8) is 0 Å². The highest BCUT2D eigenvalue weighted by Crippen LogP contribution is 2.49. The molecule has 0 aromatic carbocycles. The van der Waals surface area contributed by atoms with Crippen LogP contribution in [-0.4, -0.2) is 72.5 Å². The zero-order valence-corrected chi connectivity index (χ0v) is 23.0. The molecular formula is C26H40N2O6Si. The first-order valence-electron chi connectivity index (χ1n) is 12.4. The quantitative estimate of drug-likeness (QED) is 0.296. The Labute approximate surface area is 209 Å². The minimum Gasteiger partial charge on any atom is -0.477 e. The smallest absolute Gasteiger partial charge is 0.410 e. The first-order chi connectivity index (χ1) is 16.2. The lowest BCUT2D eigenvalue weighted by atomic mass is 9.77. The van der Waals surface area contributed by atoms with Gasteiger partial charge in [0.05, 0.1) is 24.1 Å². The highest BCUT2D eigenvalue weighted by atomic mass is 28.4. The third-order valence-corrected chi connectivity index (χ3v) is 12.6. The van der Waals surface area contributed by atoms with Crippen LogP contribution in [0.3, 0.4) is 0 Å². The lowest BCUT2D eigenvalue weighted by molar-refractivity contribution is -0.162. The van der Waals surface area contributed by atoms with Gasteiger partial charge in [-0.1, -0.05) is 52.5 Å². The van der Waals surface area contributed by atoms with E-state index >= 15 is 0 Å². The molecule has 35 heavy (non-hydrogen) atoms. The Balaban J connectivity index is 1.81. The lowest BCUT2D eigenvalue weighted by Crippen LogP contribution is -2.65. The van der Waals surface area contributed by atoms with E-state index in [0.29, 0.717) is 12.1 Å². The zero-order valence-electron chi connectivity index (χ0n) is 22.0. The fourth-order valence-electron chi connectivity index (χ4n) is 5.16. The van der Waals surface area contributed by atoms with E-state index in [1.807, 2.05) is 19.9 Å². The third kappa shape index (κ3) is 4.98. The van der Waals surface area contributed by atoms with Crippen LogP contribution in [0.15, 0.2) is 36.1 Å². The number of hydrogen-bond donors (Lipinski definition) is 1. The van der Waals surface area contributed by atoms with E-state index in [1.54, 1.807) is 11.0 Å². The first-order valence-corrected chi connectivity index (χ1v) is 15.3. The Bertz CT molecular complexity index is 950. The summed E-state index contributed by atoms with van der Waals surface area (Å²) in [5, 5.41) is 9.99. The summed E-state index contributed by atoms with van der Waals surface area (Å²) in [6, 6.07) is -0.423. The minimum absolute atomic E-state index is 0.00733. The monoisotopic (exact) mass is 504 g/mol. The summed E-state index contributed by atoms with van der Waals surface area (Å²) >= 11 is 0. The number of rotatable bonds is 8. The summed E-state index contributed by atoms with van der Waals surface area (Å²) in [4.78, 5) is 40.9. The number of β-lactam (4-membered cyclic amide) rings is 1. The third-order valence-electron chi connectivity index (χ3n) is 8.06. The van der Waals surface area contributed by atoms with Crippen LogP contribution >= 0.6 is 0 Å². The number of carboxylic acids is 1. The fraction of sp³-hybridized carbons (Fsp3) is 0.654. The molecule has 1 N–H and O–H groups in total. The molecule has 2 amide bonds. The number of amides is 2. The normalized spacial score (nSPS) is 27.8. The van der Waals surface area contributed by atoms with Gasteiger partial charge >= 0.3 is 12.1 Å². The molecule has 3 aliphatic rings. The van der Waals surface area contributed by atoms with Crippen molar-refractivity contribution in [2.45, 2.75) is 83.8 Å². The van der Waals surface area contributed by atoms with Crippen molar-refractivity contribution in [3.8, 4) is 0 Å². The van der Waals surface area contributed by atoms with Crippen LogP contribution in [0.25, 0.3) is 0 Å². The summed E-state index contributed by atoms with van der Waals surface area (Å²) in [6.07, 6.45) is 6.11. The van der Waals surface area contributed by atoms with Crippen molar-refractivity contribution in [1.82, 2.24) is 9.80 Å². The number of likely N-dealkylation sites (tertiary alicyclic amines) is 1. The molecule has 9 heteroatoms. The Morgan fingerprint density at radius 3 is 2.54 bits per heavy atom. The van der Waals surface area contributed by atoms with Gasteiger partial charge in [0.1, 0.15) is 12.3 Å². The summed E-state index contributed by atoms with van der Waals surface area (Å²) in [5.41, 5.74) is 0.655. The minimum atomic E-state index is -2.10. The highest BCUT2D eigenvalue weighted by molar-refractivity contribution is 6.74. The van der Waals surface area contributed by atoms with Crippen LogP contribution in [-0.2, 0) is 18.8 Å². The molecule has 2 fully saturated rings. The second kappa shape index (κ2) is 9.93. The molecule has 194 valence electrons. The van der Waals surface area contributed by atoms with Gasteiger partial charge < -0.3 is 24.1 Å². The largest absolute Gasteiger partial charge is 0.477 e. The number of carbonyl (C=O) groups excluding carboxylic acids is 2. The molecule has 0 radical (unpaired) electrons. The molecule has 0 unspecified atom stereocenters. The molecule has 0 bridgehead atoms. The predicted octanol–water partition coefficient (Wildman–Crippen LogP) is 4.56. The summed E-state index contributed by atoms with van der Waals surface area (Å²) < 4.78 is 11.7. The Hall–Kier alpha value is -2.39. The SMILES string of the molecule is C=CCOC(=O)N1CCC[C@H]1C=CC1=C(C(=O)O)N2C(=O)[C@H]([C@@H](C)O[Si](C)(C)C(C)(C)C)[C@H]2[C@H]1C. The van der Waals surface area contributed by atoms with Crippen LogP contribution in [0.5, 0.6) is 0 Å². The maximum absolute atomic E-state index is 13.2. The van der Waals surface area contributed by atoms with E-state index in [-0.39, 0.29) is 53.3 Å². The standard InChI is InChI=1S/C26H40N2O6Si/c1-9-15-33-25(32)27-14-10-11-18(27)12-13-19-16(2)21-20(23(29)28(21)22(19)24(30)31)17(3)34-35(7,8)26(4,5)6/h9,12-13,16-18,20-21H,1,10-11,14-15H2,2-8H3,(H,30,31)/t16-,17+,18-,20+,21+/m0/s1. The number of aliphatic carboxylic acids is 1. The van der Waals surface area contributed by atoms with Crippen molar-refractivity contribution in [1.29, 1.82) is 0 Å². The van der Waals surface area contributed by atoms with E-state index in [4.69, 9.17) is 9.16 Å². The summed E-state index contributed by atoms with van der Waals surface area (Å²) in [6.45, 7) is 19.0. The molecule has 2 saturated heterocycles. The van der Waals surface area contributed by atoms with Crippen molar-refractivity contribution in [2.24, 2.45) is 11.8 Å². The number of ether oxygens (including phenoxy) is 1. The Morgan fingerprint density at radius 1 is 1.31 bits per heavy atom. The second-order valence-electron chi connectivity index (χ2n) is 11.3. The van der Waals surface area contributed by atoms with Gasteiger partial charge in [-0.05, 0) is 43.5 Å². The van der Waals surface area contributed by atoms with Crippen LogP contribution in [0.4, 0.5) is 4.79 Å². The van der Waals surface area contributed by atoms with Gasteiger partial charge in [0, 0.05) is 12.5 Å². The van der Waals surface area contributed by atoms with E-state index in [2.05, 4.69) is 40.4 Å². The summed E-state index contributed by atoms with van der Waals surface area (Å²) in [7, 11) is -2.10. The molecule has 3 rings (SSSR count). The molecule has 5 atom stereocenters. The molecule has 0 spiro atoms. The van der Waals surface area contributed by atoms with Gasteiger partial charge in [-0.3, -0.25) is 4.79 Å². The van der Waals surface area contributed by atoms with E-state index < -0.39 is 20.4 Å². The van der Waals surface area contributed by atoms with Gasteiger partial charge in [0.15, 0.2) is 8.32 Å². The number of nitrogens with zero attached hydrogens (tertiary/aromatic N) is 2. The van der Waals surface area contributed by atoms with Gasteiger partial charge in [0.25, 0.3) is 0 Å². The maximum atomic E-state index is 13.2. The maximum Gasteiger partial charge on any atom is 0.410 e. The van der Waals surface area contributed by atoms with Gasteiger partial charge in [0.2, 0.25) is 5.91 Å². The average molecular weight is 505 g/mol. The predicted molar refractivity (Wildman–Crippen MR) is 136 cm³/mol. The molecule has 3 aliphatic heterocycles. The zero-order chi connectivity index (χ0) is 26.3. The number of allylic oxidation sites excluding steroid dienone is 1. The molecule has 0 aromatic rings. The van der Waals surface area contributed by atoms with Crippen molar-refractivity contribution >= 4 is 26.3 Å². The van der Waals surface area contributed by atoms with Crippen LogP contribution in [0, 0.1) is 11.8 Å². The molecule has 0 aliphatic carbocycles. The number of carbonyl (C=O) groups is 3. The van der Waals surface area contributed by atoms with Gasteiger partial charge in [-0.15, -0.1) is 0 Å². The van der Waals surface area contributed by atoms with Crippen molar-refractivity contribution < 1.29 is 28.7 Å². The number of fused-ring (bicyclic) bond motifs is 1. The average Bonchev–Trinajstić information content (AvgIpc) is 3.30. The first kappa shape index (κ1) is 27.2. The van der Waals surface area contributed by atoms with Crippen LogP contribution in [0.1, 0.15) is 47.5 Å². The topological polar surface area (TPSA) is 96.4 Å². The molecule has 0 saturated carbocycles. The number of carboxylic acid groups (broad SMARTS) is 1. The van der Waals surface area contributed by atoms with E-state index in [0.717, 1.165) is 12.8 Å². The van der Waals surface area contributed by atoms with Crippen LogP contribution < -0.4 is 0 Å². The van der Waals surface area contributed by atoms with E-state index in [1.165, 1.54) is 11.0 Å². The molecule has 3 heterocycles. The number of hydrogen-bond acceptors (Lipinski definition) is 5. The van der Waals surface area contributed by atoms with Crippen molar-refractivity contribution in [3.05, 3.63) is 36.1 Å². The molecule has 8 nitrogen and oxygen atoms in total. The Kier molecular flexibility index (Phi) is 7.72. The second-order valence-corrected chi connectivity index (χ2v) is 16.1. The van der Waals surface area contributed by atoms with Crippen LogP contribution in [0.2, 0.25) is 18.1 Å². The van der Waals surface area contributed by atoms with E-state index in [9.17, 15) is 19.5 Å². The summed E-state index contributed by atoms with van der Waals surface area (Å²) in [5.74, 6) is -1.84. The van der Waals surface area contributed by atoms with Gasteiger partial charge in [-0.2, -0.15) is 0 Å². The molecule has 0 aromatic heterocycles. The van der Waals surface area contributed by atoms with Gasteiger partial charge in [-0.25, -0.2) is 9.59 Å². The lowest BCUT2D eigenvalue weighted by Gasteiger charge is -2.50.